The molecule has 1 amide bonds. The van der Waals surface area contributed by atoms with Crippen molar-refractivity contribution in [3.05, 3.63) is 27.8 Å². The molecule has 0 heterocycles. The van der Waals surface area contributed by atoms with Crippen LogP contribution in [0.25, 0.3) is 0 Å². The molecule has 1 aromatic carbocycles. The van der Waals surface area contributed by atoms with Gasteiger partial charge in [0.1, 0.15) is 11.3 Å². The molecule has 0 radical (unpaired) electrons. The summed E-state index contributed by atoms with van der Waals surface area (Å²) in [5, 5.41) is 23.1. The Balaban J connectivity index is 2.18. The first-order valence-electron chi connectivity index (χ1n) is 7.81. The molecule has 1 aliphatic carbocycles. The van der Waals surface area contributed by atoms with E-state index in [1.807, 2.05) is 0 Å². The average molecular weight is 368 g/mol. The maximum absolute atomic E-state index is 12.5. The fourth-order valence-corrected chi connectivity index (χ4v) is 3.53. The zero-order valence-electron chi connectivity index (χ0n) is 14.0. The third-order valence-electron chi connectivity index (χ3n) is 4.35. The van der Waals surface area contributed by atoms with E-state index in [0.717, 1.165) is 0 Å². The van der Waals surface area contributed by atoms with Gasteiger partial charge in [0, 0.05) is 6.04 Å². The van der Waals surface area contributed by atoms with E-state index in [0.29, 0.717) is 36.3 Å². The Labute approximate surface area is 149 Å². The second-order valence-electron chi connectivity index (χ2n) is 5.84. The van der Waals surface area contributed by atoms with Gasteiger partial charge in [0.2, 0.25) is 0 Å². The number of nitro benzene ring substituents is 1. The SMILES string of the molecule is COc1cc([N+](=O)[O-])c(C(=O)NC2CCC(C(=O)O)CC2)cc1SC. The number of hydrogen-bond donors (Lipinski definition) is 2. The Morgan fingerprint density at radius 2 is 1.96 bits per heavy atom. The molecule has 1 fully saturated rings. The summed E-state index contributed by atoms with van der Waals surface area (Å²) in [6, 6.07) is 2.53. The van der Waals surface area contributed by atoms with Crippen molar-refractivity contribution < 1.29 is 24.4 Å². The molecule has 25 heavy (non-hydrogen) atoms. The minimum atomic E-state index is -0.819. The number of nitrogens with zero attached hydrogens (tertiary/aromatic N) is 1. The van der Waals surface area contributed by atoms with Crippen LogP contribution in [0.2, 0.25) is 0 Å². The maximum atomic E-state index is 12.5. The van der Waals surface area contributed by atoms with E-state index in [-0.39, 0.29) is 23.2 Å². The molecule has 0 bridgehead atoms. The molecular weight excluding hydrogens is 348 g/mol. The highest BCUT2D eigenvalue weighted by atomic mass is 32.2. The van der Waals surface area contributed by atoms with Crippen LogP contribution in [0.15, 0.2) is 17.0 Å². The number of methoxy groups -OCH3 is 1. The molecule has 1 aromatic rings. The van der Waals surface area contributed by atoms with Crippen molar-refractivity contribution in [2.45, 2.75) is 36.6 Å². The van der Waals surface area contributed by atoms with E-state index >= 15 is 0 Å². The van der Waals surface area contributed by atoms with Gasteiger partial charge in [-0.3, -0.25) is 19.7 Å². The Morgan fingerprint density at radius 3 is 2.44 bits per heavy atom. The van der Waals surface area contributed by atoms with Crippen LogP contribution in [0.5, 0.6) is 5.75 Å². The maximum Gasteiger partial charge on any atom is 0.306 e. The zero-order valence-corrected chi connectivity index (χ0v) is 14.8. The van der Waals surface area contributed by atoms with Crippen molar-refractivity contribution in [3.8, 4) is 5.75 Å². The lowest BCUT2D eigenvalue weighted by Crippen LogP contribution is -2.39. The van der Waals surface area contributed by atoms with Crippen molar-refractivity contribution in [1.29, 1.82) is 0 Å². The summed E-state index contributed by atoms with van der Waals surface area (Å²) in [4.78, 5) is 34.8. The number of carboxylic acids is 1. The van der Waals surface area contributed by atoms with Crippen LogP contribution >= 0.6 is 11.8 Å². The lowest BCUT2D eigenvalue weighted by molar-refractivity contribution is -0.385. The predicted molar refractivity (Wildman–Crippen MR) is 92.3 cm³/mol. The number of rotatable bonds is 6. The third kappa shape index (κ3) is 4.41. The first-order chi connectivity index (χ1) is 11.9. The minimum absolute atomic E-state index is 0.0180. The fourth-order valence-electron chi connectivity index (χ4n) is 2.95. The molecule has 0 saturated heterocycles. The number of nitro groups is 1. The van der Waals surface area contributed by atoms with Crippen molar-refractivity contribution in [2.75, 3.05) is 13.4 Å². The number of carbonyl (C=O) groups is 2. The number of ether oxygens (including phenoxy) is 1. The van der Waals surface area contributed by atoms with Crippen molar-refractivity contribution in [1.82, 2.24) is 5.32 Å². The van der Waals surface area contributed by atoms with E-state index in [2.05, 4.69) is 5.32 Å². The summed E-state index contributed by atoms with van der Waals surface area (Å²) in [6.45, 7) is 0. The van der Waals surface area contributed by atoms with Gasteiger partial charge >= 0.3 is 5.97 Å². The molecule has 0 aromatic heterocycles. The Hall–Kier alpha value is -2.29. The van der Waals surface area contributed by atoms with Crippen LogP contribution in [-0.2, 0) is 4.79 Å². The third-order valence-corrected chi connectivity index (χ3v) is 5.11. The number of carboxylic acid groups (broad SMARTS) is 1. The first-order valence-corrected chi connectivity index (χ1v) is 9.04. The molecule has 2 N–H and O–H groups in total. The highest BCUT2D eigenvalue weighted by Crippen LogP contribution is 2.34. The number of aliphatic carboxylic acids is 1. The molecular formula is C16H20N2O6S. The molecule has 0 atom stereocenters. The molecule has 9 heteroatoms. The van der Waals surface area contributed by atoms with Gasteiger partial charge in [-0.05, 0) is 38.0 Å². The summed E-state index contributed by atoms with van der Waals surface area (Å²) in [6.07, 6.45) is 3.85. The molecule has 0 unspecified atom stereocenters. The van der Waals surface area contributed by atoms with Gasteiger partial charge in [-0.1, -0.05) is 0 Å². The predicted octanol–water partition coefficient (Wildman–Crippen LogP) is 2.70. The summed E-state index contributed by atoms with van der Waals surface area (Å²) in [5.74, 6) is -1.38. The number of amides is 1. The highest BCUT2D eigenvalue weighted by Gasteiger charge is 2.29. The summed E-state index contributed by atoms with van der Waals surface area (Å²) in [7, 11) is 1.42. The van der Waals surface area contributed by atoms with Crippen LogP contribution < -0.4 is 10.1 Å². The van der Waals surface area contributed by atoms with Gasteiger partial charge < -0.3 is 15.2 Å². The fraction of sp³-hybridized carbons (Fsp3) is 0.500. The standard InChI is InChI=1S/C16H20N2O6S/c1-24-13-8-12(18(22)23)11(7-14(13)25-2)15(19)17-10-5-3-9(4-6-10)16(20)21/h7-10H,3-6H2,1-2H3,(H,17,19)(H,20,21). The van der Waals surface area contributed by atoms with Gasteiger partial charge in [-0.2, -0.15) is 0 Å². The van der Waals surface area contributed by atoms with Crippen molar-refractivity contribution >= 4 is 29.3 Å². The highest BCUT2D eigenvalue weighted by molar-refractivity contribution is 7.98. The number of benzene rings is 1. The van der Waals surface area contributed by atoms with E-state index in [1.165, 1.54) is 31.0 Å². The summed E-state index contributed by atoms with van der Waals surface area (Å²) < 4.78 is 5.13. The average Bonchev–Trinajstić information content (AvgIpc) is 2.60. The van der Waals surface area contributed by atoms with Gasteiger partial charge in [0.05, 0.1) is 28.9 Å². The molecule has 1 aliphatic rings. The van der Waals surface area contributed by atoms with Crippen molar-refractivity contribution in [3.63, 3.8) is 0 Å². The van der Waals surface area contributed by atoms with Gasteiger partial charge in [0.15, 0.2) is 0 Å². The lowest BCUT2D eigenvalue weighted by Gasteiger charge is -2.26. The number of nitrogens with one attached hydrogen (secondary N) is 1. The van der Waals surface area contributed by atoms with E-state index in [1.54, 1.807) is 6.26 Å². The van der Waals surface area contributed by atoms with Gasteiger partial charge in [-0.15, -0.1) is 11.8 Å². The second kappa shape index (κ2) is 8.19. The van der Waals surface area contributed by atoms with Crippen LogP contribution in [0, 0.1) is 16.0 Å². The summed E-state index contributed by atoms with van der Waals surface area (Å²) in [5.41, 5.74) is -0.332. The zero-order chi connectivity index (χ0) is 18.6. The molecule has 136 valence electrons. The van der Waals surface area contributed by atoms with Crippen molar-refractivity contribution in [2.24, 2.45) is 5.92 Å². The van der Waals surface area contributed by atoms with E-state index in [9.17, 15) is 19.7 Å². The normalized spacial score (nSPS) is 19.9. The van der Waals surface area contributed by atoms with E-state index < -0.39 is 16.8 Å². The van der Waals surface area contributed by atoms with Gasteiger partial charge in [0.25, 0.3) is 11.6 Å². The summed E-state index contributed by atoms with van der Waals surface area (Å²) >= 11 is 1.33. The Kier molecular flexibility index (Phi) is 6.24. The smallest absolute Gasteiger partial charge is 0.306 e. The Bertz CT molecular complexity index is 685. The first kappa shape index (κ1) is 19.0. The number of hydrogen-bond acceptors (Lipinski definition) is 6. The van der Waals surface area contributed by atoms with E-state index in [4.69, 9.17) is 9.84 Å². The van der Waals surface area contributed by atoms with Crippen LogP contribution in [0.4, 0.5) is 5.69 Å². The molecule has 8 nitrogen and oxygen atoms in total. The topological polar surface area (TPSA) is 119 Å². The minimum Gasteiger partial charge on any atom is -0.495 e. The quantitative estimate of drug-likeness (QED) is 0.450. The molecule has 0 aliphatic heterocycles. The second-order valence-corrected chi connectivity index (χ2v) is 6.69. The molecule has 2 rings (SSSR count). The van der Waals surface area contributed by atoms with Crippen LogP contribution in [-0.4, -0.2) is 41.3 Å². The van der Waals surface area contributed by atoms with Gasteiger partial charge in [-0.25, -0.2) is 0 Å². The van der Waals surface area contributed by atoms with Crippen LogP contribution in [0.3, 0.4) is 0 Å². The molecule has 0 spiro atoms. The number of carbonyl (C=O) groups excluding carboxylic acids is 1. The molecule has 1 saturated carbocycles. The number of thioether (sulfide) groups is 1. The Morgan fingerprint density at radius 1 is 1.32 bits per heavy atom. The monoisotopic (exact) mass is 368 g/mol. The van der Waals surface area contributed by atoms with Crippen LogP contribution in [0.1, 0.15) is 36.0 Å². The lowest BCUT2D eigenvalue weighted by atomic mass is 9.86. The largest absolute Gasteiger partial charge is 0.495 e.